The first-order valence-corrected chi connectivity index (χ1v) is 6.51. The molecule has 1 saturated heterocycles. The standard InChI is InChI=1S/C11H11Cl2N3O4/c12-9-6-7(16(18)19)5-8(10(9)13)11(17)14-15-1-3-20-4-2-15/h5-6H,1-4H2,(H,14,17). The zero-order valence-electron chi connectivity index (χ0n) is 10.3. The fourth-order valence-electron chi connectivity index (χ4n) is 1.72. The first-order chi connectivity index (χ1) is 9.49. The number of benzene rings is 1. The van der Waals surface area contributed by atoms with Crippen LogP contribution in [0.2, 0.25) is 10.0 Å². The SMILES string of the molecule is O=C(NN1CCOCC1)c1cc([N+](=O)[O-])cc(Cl)c1Cl. The van der Waals surface area contributed by atoms with Crippen LogP contribution in [0.4, 0.5) is 5.69 Å². The van der Waals surface area contributed by atoms with Gasteiger partial charge >= 0.3 is 0 Å². The molecule has 0 unspecified atom stereocenters. The number of hydrogen-bond acceptors (Lipinski definition) is 5. The lowest BCUT2D eigenvalue weighted by Crippen LogP contribution is -2.48. The van der Waals surface area contributed by atoms with E-state index in [1.807, 2.05) is 0 Å². The van der Waals surface area contributed by atoms with Crippen LogP contribution in [0.15, 0.2) is 12.1 Å². The molecule has 1 aliphatic rings. The molecule has 1 aliphatic heterocycles. The molecule has 20 heavy (non-hydrogen) atoms. The van der Waals surface area contributed by atoms with E-state index in [1.54, 1.807) is 5.01 Å². The number of morpholine rings is 1. The number of amides is 1. The van der Waals surface area contributed by atoms with E-state index in [9.17, 15) is 14.9 Å². The molecule has 9 heteroatoms. The van der Waals surface area contributed by atoms with Crippen LogP contribution in [0, 0.1) is 10.1 Å². The number of carbonyl (C=O) groups excluding carboxylic acids is 1. The van der Waals surface area contributed by atoms with E-state index in [2.05, 4.69) is 5.43 Å². The van der Waals surface area contributed by atoms with Gasteiger partial charge in [0.2, 0.25) is 0 Å². The first-order valence-electron chi connectivity index (χ1n) is 5.76. The normalized spacial score (nSPS) is 15.9. The van der Waals surface area contributed by atoms with E-state index in [1.165, 1.54) is 0 Å². The highest BCUT2D eigenvalue weighted by atomic mass is 35.5. The molecule has 1 aromatic rings. The summed E-state index contributed by atoms with van der Waals surface area (Å²) in [7, 11) is 0. The second-order valence-corrected chi connectivity index (χ2v) is 4.87. The molecule has 1 aromatic carbocycles. The number of halogens is 2. The fourth-order valence-corrected chi connectivity index (χ4v) is 2.13. The van der Waals surface area contributed by atoms with Gasteiger partial charge in [0.05, 0.1) is 33.7 Å². The van der Waals surface area contributed by atoms with Crippen molar-refractivity contribution in [3.05, 3.63) is 37.9 Å². The summed E-state index contributed by atoms with van der Waals surface area (Å²) in [6, 6.07) is 2.21. The van der Waals surface area contributed by atoms with Gasteiger partial charge in [-0.2, -0.15) is 0 Å². The molecule has 1 amide bonds. The van der Waals surface area contributed by atoms with Gasteiger partial charge < -0.3 is 4.74 Å². The Labute approximate surface area is 124 Å². The first kappa shape index (κ1) is 15.0. The second kappa shape index (κ2) is 6.36. The third kappa shape index (κ3) is 3.37. The summed E-state index contributed by atoms with van der Waals surface area (Å²) in [5.74, 6) is -0.539. The van der Waals surface area contributed by atoms with E-state index in [-0.39, 0.29) is 21.3 Å². The fraction of sp³-hybridized carbons (Fsp3) is 0.364. The molecule has 0 aliphatic carbocycles. The molecular formula is C11H11Cl2N3O4. The smallest absolute Gasteiger partial charge is 0.271 e. The van der Waals surface area contributed by atoms with Gasteiger partial charge in [-0.15, -0.1) is 0 Å². The van der Waals surface area contributed by atoms with Gasteiger partial charge in [0.25, 0.3) is 11.6 Å². The zero-order chi connectivity index (χ0) is 14.7. The van der Waals surface area contributed by atoms with Crippen molar-refractivity contribution in [1.29, 1.82) is 0 Å². The summed E-state index contributed by atoms with van der Waals surface area (Å²) in [4.78, 5) is 22.2. The maximum absolute atomic E-state index is 12.1. The number of nitrogens with zero attached hydrogens (tertiary/aromatic N) is 2. The van der Waals surface area contributed by atoms with Gasteiger partial charge in [-0.3, -0.25) is 20.3 Å². The van der Waals surface area contributed by atoms with Crippen LogP contribution in [0.25, 0.3) is 0 Å². The lowest BCUT2D eigenvalue weighted by Gasteiger charge is -2.27. The third-order valence-corrected chi connectivity index (χ3v) is 3.54. The van der Waals surface area contributed by atoms with Gasteiger partial charge in [0.1, 0.15) is 0 Å². The summed E-state index contributed by atoms with van der Waals surface area (Å²) < 4.78 is 5.15. The summed E-state index contributed by atoms with van der Waals surface area (Å²) in [6.07, 6.45) is 0. The van der Waals surface area contributed by atoms with Crippen molar-refractivity contribution in [2.45, 2.75) is 0 Å². The van der Waals surface area contributed by atoms with Crippen LogP contribution in [0.5, 0.6) is 0 Å². The monoisotopic (exact) mass is 319 g/mol. The summed E-state index contributed by atoms with van der Waals surface area (Å²) in [6.45, 7) is 2.07. The van der Waals surface area contributed by atoms with Crippen molar-refractivity contribution in [2.24, 2.45) is 0 Å². The minimum absolute atomic E-state index is 0.0111. The van der Waals surface area contributed by atoms with Crippen molar-refractivity contribution >= 4 is 34.8 Å². The molecule has 0 atom stereocenters. The quantitative estimate of drug-likeness (QED) is 0.679. The Morgan fingerprint density at radius 2 is 2.00 bits per heavy atom. The maximum atomic E-state index is 12.1. The number of nitro groups is 1. The van der Waals surface area contributed by atoms with Gasteiger partial charge in [-0.1, -0.05) is 23.2 Å². The minimum Gasteiger partial charge on any atom is -0.379 e. The summed E-state index contributed by atoms with van der Waals surface area (Å²) in [5.41, 5.74) is 2.30. The van der Waals surface area contributed by atoms with Gasteiger partial charge in [0, 0.05) is 25.2 Å². The van der Waals surface area contributed by atoms with Crippen molar-refractivity contribution in [1.82, 2.24) is 10.4 Å². The van der Waals surface area contributed by atoms with Crippen molar-refractivity contribution < 1.29 is 14.5 Å². The molecule has 2 rings (SSSR count). The molecule has 1 fully saturated rings. The van der Waals surface area contributed by atoms with Crippen LogP contribution in [-0.2, 0) is 4.74 Å². The lowest BCUT2D eigenvalue weighted by atomic mass is 10.2. The van der Waals surface area contributed by atoms with Gasteiger partial charge in [-0.25, -0.2) is 5.01 Å². The van der Waals surface area contributed by atoms with E-state index in [0.717, 1.165) is 12.1 Å². The number of rotatable bonds is 3. The Bertz CT molecular complexity index is 547. The molecule has 0 saturated carbocycles. The van der Waals surface area contributed by atoms with Crippen LogP contribution in [-0.4, -0.2) is 42.1 Å². The summed E-state index contributed by atoms with van der Waals surface area (Å²) in [5, 5.41) is 12.4. The van der Waals surface area contributed by atoms with E-state index < -0.39 is 10.8 Å². The van der Waals surface area contributed by atoms with Gasteiger partial charge in [-0.05, 0) is 0 Å². The van der Waals surface area contributed by atoms with Crippen molar-refractivity contribution in [3.8, 4) is 0 Å². The van der Waals surface area contributed by atoms with Crippen LogP contribution in [0.1, 0.15) is 10.4 Å². The number of nitrogens with one attached hydrogen (secondary N) is 1. The minimum atomic E-state index is -0.631. The number of non-ortho nitro benzene ring substituents is 1. The number of ether oxygens (including phenoxy) is 1. The Kier molecular flexibility index (Phi) is 4.77. The second-order valence-electron chi connectivity index (χ2n) is 4.09. The number of hydrazine groups is 1. The lowest BCUT2D eigenvalue weighted by molar-refractivity contribution is -0.384. The van der Waals surface area contributed by atoms with Crippen molar-refractivity contribution in [3.63, 3.8) is 0 Å². The molecule has 1 N–H and O–H groups in total. The highest BCUT2D eigenvalue weighted by Crippen LogP contribution is 2.30. The highest BCUT2D eigenvalue weighted by molar-refractivity contribution is 6.44. The van der Waals surface area contributed by atoms with E-state index in [0.29, 0.717) is 26.3 Å². The Morgan fingerprint density at radius 1 is 1.35 bits per heavy atom. The van der Waals surface area contributed by atoms with Crippen LogP contribution in [0.3, 0.4) is 0 Å². The molecule has 0 spiro atoms. The molecule has 108 valence electrons. The molecule has 0 radical (unpaired) electrons. The number of carbonyl (C=O) groups is 1. The predicted octanol–water partition coefficient (Wildman–Crippen LogP) is 1.88. The number of nitro benzene ring substituents is 1. The van der Waals surface area contributed by atoms with Crippen molar-refractivity contribution in [2.75, 3.05) is 26.3 Å². The van der Waals surface area contributed by atoms with E-state index >= 15 is 0 Å². The molecule has 1 heterocycles. The van der Waals surface area contributed by atoms with E-state index in [4.69, 9.17) is 27.9 Å². The molecule has 0 bridgehead atoms. The third-order valence-electron chi connectivity index (χ3n) is 2.74. The summed E-state index contributed by atoms with van der Waals surface area (Å²) >= 11 is 11.7. The molecular weight excluding hydrogens is 309 g/mol. The maximum Gasteiger partial charge on any atom is 0.271 e. The van der Waals surface area contributed by atoms with Crippen LogP contribution < -0.4 is 5.43 Å². The largest absolute Gasteiger partial charge is 0.379 e. The molecule has 7 nitrogen and oxygen atoms in total. The Morgan fingerprint density at radius 3 is 2.60 bits per heavy atom. The average Bonchev–Trinajstić information content (AvgIpc) is 2.42. The number of hydrogen-bond donors (Lipinski definition) is 1. The highest BCUT2D eigenvalue weighted by Gasteiger charge is 2.21. The zero-order valence-corrected chi connectivity index (χ0v) is 11.8. The topological polar surface area (TPSA) is 84.7 Å². The Balaban J connectivity index is 2.21. The predicted molar refractivity (Wildman–Crippen MR) is 73.0 cm³/mol. The van der Waals surface area contributed by atoms with Gasteiger partial charge in [0.15, 0.2) is 0 Å². The molecule has 0 aromatic heterocycles. The average molecular weight is 320 g/mol. The Hall–Kier alpha value is -1.41. The van der Waals surface area contributed by atoms with Crippen LogP contribution >= 0.6 is 23.2 Å².